The highest BCUT2D eigenvalue weighted by atomic mass is 19.1. The van der Waals surface area contributed by atoms with E-state index >= 15 is 0 Å². The lowest BCUT2D eigenvalue weighted by Crippen LogP contribution is -2.06. The third kappa shape index (κ3) is 2.05. The minimum absolute atomic E-state index is 0.201. The van der Waals surface area contributed by atoms with Gasteiger partial charge >= 0.3 is 0 Å². The van der Waals surface area contributed by atoms with Gasteiger partial charge in [0, 0.05) is 0 Å². The molecule has 66 valence electrons. The Hall–Kier alpha value is -0.890. The smallest absolute Gasteiger partial charge is 0.126 e. The van der Waals surface area contributed by atoms with Crippen molar-refractivity contribution in [3.63, 3.8) is 0 Å². The summed E-state index contributed by atoms with van der Waals surface area (Å²) in [5.74, 6) is -0.201. The molecule has 0 saturated carbocycles. The van der Waals surface area contributed by atoms with E-state index in [0.717, 1.165) is 5.56 Å². The van der Waals surface area contributed by atoms with Crippen molar-refractivity contribution in [3.05, 3.63) is 35.1 Å². The highest BCUT2D eigenvalue weighted by molar-refractivity contribution is 5.27. The third-order valence-electron chi connectivity index (χ3n) is 1.90. The van der Waals surface area contributed by atoms with Crippen LogP contribution in [0.2, 0.25) is 0 Å². The molecule has 0 amide bonds. The molecule has 0 radical (unpaired) electrons. The SMILES string of the molecule is Cc1c(F)cccc1CC(C)O. The first-order valence-corrected chi connectivity index (χ1v) is 4.03. The van der Waals surface area contributed by atoms with Gasteiger partial charge < -0.3 is 5.11 Å². The summed E-state index contributed by atoms with van der Waals surface area (Å²) in [7, 11) is 0. The Bertz CT molecular complexity index is 269. The number of rotatable bonds is 2. The standard InChI is InChI=1S/C10H13FO/c1-7(12)6-9-4-3-5-10(11)8(9)2/h3-5,7,12H,6H2,1-2H3. The van der Waals surface area contributed by atoms with Gasteiger partial charge in [-0.25, -0.2) is 4.39 Å². The Morgan fingerprint density at radius 2 is 2.17 bits per heavy atom. The van der Waals surface area contributed by atoms with E-state index in [-0.39, 0.29) is 5.82 Å². The molecule has 0 aliphatic rings. The zero-order valence-corrected chi connectivity index (χ0v) is 7.34. The van der Waals surface area contributed by atoms with Crippen molar-refractivity contribution in [2.24, 2.45) is 0 Å². The van der Waals surface area contributed by atoms with Crippen molar-refractivity contribution in [1.82, 2.24) is 0 Å². The van der Waals surface area contributed by atoms with Crippen LogP contribution in [0.25, 0.3) is 0 Å². The minimum atomic E-state index is -0.412. The van der Waals surface area contributed by atoms with Gasteiger partial charge in [-0.1, -0.05) is 12.1 Å². The molecule has 0 spiro atoms. The van der Waals surface area contributed by atoms with Gasteiger partial charge in [-0.2, -0.15) is 0 Å². The van der Waals surface area contributed by atoms with Crippen LogP contribution in [0.15, 0.2) is 18.2 Å². The average Bonchev–Trinajstić information content (AvgIpc) is 1.98. The Labute approximate surface area is 71.9 Å². The summed E-state index contributed by atoms with van der Waals surface area (Å²) in [6.07, 6.45) is 0.106. The van der Waals surface area contributed by atoms with Gasteiger partial charge in [0.05, 0.1) is 6.10 Å². The van der Waals surface area contributed by atoms with Crippen molar-refractivity contribution < 1.29 is 9.50 Å². The molecule has 1 aromatic carbocycles. The highest BCUT2D eigenvalue weighted by Crippen LogP contribution is 2.13. The Kier molecular flexibility index (Phi) is 2.82. The molecule has 2 heteroatoms. The van der Waals surface area contributed by atoms with Crippen molar-refractivity contribution in [2.75, 3.05) is 0 Å². The fraction of sp³-hybridized carbons (Fsp3) is 0.400. The molecule has 1 atom stereocenters. The largest absolute Gasteiger partial charge is 0.393 e. The number of hydrogen-bond acceptors (Lipinski definition) is 1. The first kappa shape index (κ1) is 9.20. The third-order valence-corrected chi connectivity index (χ3v) is 1.90. The highest BCUT2D eigenvalue weighted by Gasteiger charge is 2.05. The molecule has 1 rings (SSSR count). The van der Waals surface area contributed by atoms with Gasteiger partial charge in [-0.05, 0) is 37.5 Å². The van der Waals surface area contributed by atoms with Crippen LogP contribution in [0.1, 0.15) is 18.1 Å². The summed E-state index contributed by atoms with van der Waals surface area (Å²) >= 11 is 0. The lowest BCUT2D eigenvalue weighted by molar-refractivity contribution is 0.195. The van der Waals surface area contributed by atoms with E-state index in [2.05, 4.69) is 0 Å². The van der Waals surface area contributed by atoms with E-state index < -0.39 is 6.10 Å². The molecule has 0 fully saturated rings. The lowest BCUT2D eigenvalue weighted by atomic mass is 10.0. The number of hydrogen-bond donors (Lipinski definition) is 1. The van der Waals surface area contributed by atoms with Crippen LogP contribution in [0.3, 0.4) is 0 Å². The first-order valence-electron chi connectivity index (χ1n) is 4.03. The fourth-order valence-corrected chi connectivity index (χ4v) is 1.19. The second-order valence-corrected chi connectivity index (χ2v) is 3.08. The second kappa shape index (κ2) is 3.68. The fourth-order valence-electron chi connectivity index (χ4n) is 1.19. The van der Waals surface area contributed by atoms with Gasteiger partial charge in [0.1, 0.15) is 5.82 Å². The van der Waals surface area contributed by atoms with Crippen LogP contribution in [0.4, 0.5) is 4.39 Å². The van der Waals surface area contributed by atoms with Gasteiger partial charge in [0.2, 0.25) is 0 Å². The van der Waals surface area contributed by atoms with E-state index in [1.807, 2.05) is 6.07 Å². The van der Waals surface area contributed by atoms with Gasteiger partial charge in [-0.3, -0.25) is 0 Å². The molecule has 1 N–H and O–H groups in total. The second-order valence-electron chi connectivity index (χ2n) is 3.08. The molecule has 12 heavy (non-hydrogen) atoms. The number of aliphatic hydroxyl groups excluding tert-OH is 1. The van der Waals surface area contributed by atoms with Crippen LogP contribution in [0.5, 0.6) is 0 Å². The quantitative estimate of drug-likeness (QED) is 0.716. The summed E-state index contributed by atoms with van der Waals surface area (Å²) in [6.45, 7) is 3.43. The molecule has 0 aromatic heterocycles. The van der Waals surface area contributed by atoms with Crippen LogP contribution in [-0.4, -0.2) is 11.2 Å². The van der Waals surface area contributed by atoms with Crippen molar-refractivity contribution >= 4 is 0 Å². The lowest BCUT2D eigenvalue weighted by Gasteiger charge is -2.07. The maximum Gasteiger partial charge on any atom is 0.126 e. The van der Waals surface area contributed by atoms with E-state index in [9.17, 15) is 4.39 Å². The summed E-state index contributed by atoms with van der Waals surface area (Å²) < 4.78 is 12.9. The molecular formula is C10H13FO. The van der Waals surface area contributed by atoms with E-state index in [0.29, 0.717) is 12.0 Å². The van der Waals surface area contributed by atoms with Crippen LogP contribution < -0.4 is 0 Å². The summed E-state index contributed by atoms with van der Waals surface area (Å²) in [5, 5.41) is 9.10. The molecule has 0 bridgehead atoms. The summed E-state index contributed by atoms with van der Waals surface area (Å²) in [4.78, 5) is 0. The Morgan fingerprint density at radius 1 is 1.50 bits per heavy atom. The van der Waals surface area contributed by atoms with Crippen molar-refractivity contribution in [1.29, 1.82) is 0 Å². The molecule has 0 aliphatic heterocycles. The molecule has 1 unspecified atom stereocenters. The zero-order chi connectivity index (χ0) is 9.14. The average molecular weight is 168 g/mol. The zero-order valence-electron chi connectivity index (χ0n) is 7.34. The predicted molar refractivity (Wildman–Crippen MR) is 46.5 cm³/mol. The topological polar surface area (TPSA) is 20.2 Å². The Morgan fingerprint density at radius 3 is 2.75 bits per heavy atom. The summed E-state index contributed by atoms with van der Waals surface area (Å²) in [5.41, 5.74) is 1.52. The maximum absolute atomic E-state index is 12.9. The van der Waals surface area contributed by atoms with E-state index in [1.165, 1.54) is 6.07 Å². The van der Waals surface area contributed by atoms with Gasteiger partial charge in [0.25, 0.3) is 0 Å². The molecule has 0 saturated heterocycles. The number of halogens is 1. The Balaban J connectivity index is 2.92. The molecule has 0 heterocycles. The van der Waals surface area contributed by atoms with Crippen LogP contribution in [-0.2, 0) is 6.42 Å². The maximum atomic E-state index is 12.9. The van der Waals surface area contributed by atoms with Gasteiger partial charge in [0.15, 0.2) is 0 Å². The van der Waals surface area contributed by atoms with Gasteiger partial charge in [-0.15, -0.1) is 0 Å². The first-order chi connectivity index (χ1) is 5.61. The minimum Gasteiger partial charge on any atom is -0.393 e. The summed E-state index contributed by atoms with van der Waals surface area (Å²) in [6, 6.07) is 4.94. The van der Waals surface area contributed by atoms with Crippen molar-refractivity contribution in [2.45, 2.75) is 26.4 Å². The molecule has 0 aliphatic carbocycles. The van der Waals surface area contributed by atoms with Crippen LogP contribution >= 0.6 is 0 Å². The molecular weight excluding hydrogens is 155 g/mol. The normalized spacial score (nSPS) is 13.0. The predicted octanol–water partition coefficient (Wildman–Crippen LogP) is 2.06. The van der Waals surface area contributed by atoms with Crippen molar-refractivity contribution in [3.8, 4) is 0 Å². The number of benzene rings is 1. The van der Waals surface area contributed by atoms with Crippen LogP contribution in [0, 0.1) is 12.7 Å². The molecule has 1 aromatic rings. The number of aliphatic hydroxyl groups is 1. The van der Waals surface area contributed by atoms with E-state index in [1.54, 1.807) is 19.9 Å². The molecule has 1 nitrogen and oxygen atoms in total. The monoisotopic (exact) mass is 168 g/mol. The van der Waals surface area contributed by atoms with E-state index in [4.69, 9.17) is 5.11 Å².